The number of hydrogen-bond acceptors (Lipinski definition) is 5. The summed E-state index contributed by atoms with van der Waals surface area (Å²) in [6, 6.07) is 5.20. The van der Waals surface area contributed by atoms with Crippen molar-refractivity contribution in [2.75, 3.05) is 14.2 Å². The molecule has 1 aromatic carbocycles. The Labute approximate surface area is 122 Å². The Balaban J connectivity index is 2.89. The third kappa shape index (κ3) is 4.45. The van der Waals surface area contributed by atoms with Crippen LogP contribution in [0.5, 0.6) is 0 Å². The van der Waals surface area contributed by atoms with Gasteiger partial charge in [0.2, 0.25) is 0 Å². The van der Waals surface area contributed by atoms with Crippen molar-refractivity contribution in [3.05, 3.63) is 48.0 Å². The van der Waals surface area contributed by atoms with Crippen LogP contribution in [0.2, 0.25) is 0 Å². The van der Waals surface area contributed by atoms with Crippen molar-refractivity contribution in [2.24, 2.45) is 0 Å². The Morgan fingerprint density at radius 3 is 2.48 bits per heavy atom. The average molecular weight is 291 g/mol. The first-order valence-electron chi connectivity index (χ1n) is 6.21. The van der Waals surface area contributed by atoms with Gasteiger partial charge in [-0.05, 0) is 24.6 Å². The Morgan fingerprint density at radius 2 is 1.90 bits per heavy atom. The van der Waals surface area contributed by atoms with Crippen LogP contribution in [-0.2, 0) is 14.3 Å². The van der Waals surface area contributed by atoms with E-state index in [9.17, 15) is 14.4 Å². The summed E-state index contributed by atoms with van der Waals surface area (Å²) in [5.74, 6) is -1.59. The van der Waals surface area contributed by atoms with Gasteiger partial charge < -0.3 is 14.8 Å². The van der Waals surface area contributed by atoms with Crippen molar-refractivity contribution in [3.8, 4) is 0 Å². The number of rotatable bonds is 6. The van der Waals surface area contributed by atoms with E-state index in [1.54, 1.807) is 6.07 Å². The molecule has 21 heavy (non-hydrogen) atoms. The summed E-state index contributed by atoms with van der Waals surface area (Å²) in [6.07, 6.45) is 1.75. The first-order chi connectivity index (χ1) is 10.0. The maximum atomic E-state index is 12.1. The molecule has 1 rings (SSSR count). The molecule has 0 radical (unpaired) electrons. The molecule has 0 fully saturated rings. The minimum Gasteiger partial charge on any atom is -0.467 e. The summed E-state index contributed by atoms with van der Waals surface area (Å²) in [7, 11) is 2.49. The van der Waals surface area contributed by atoms with Crippen molar-refractivity contribution in [1.82, 2.24) is 5.32 Å². The number of ether oxygens (including phenoxy) is 2. The lowest BCUT2D eigenvalue weighted by Crippen LogP contribution is -2.41. The lowest BCUT2D eigenvalue weighted by molar-refractivity contribution is -0.142. The van der Waals surface area contributed by atoms with Crippen LogP contribution >= 0.6 is 0 Å². The second-order valence-corrected chi connectivity index (χ2v) is 4.15. The molecule has 0 aliphatic carbocycles. The summed E-state index contributed by atoms with van der Waals surface area (Å²) in [4.78, 5) is 35.1. The van der Waals surface area contributed by atoms with Gasteiger partial charge >= 0.3 is 11.9 Å². The molecule has 112 valence electrons. The number of methoxy groups -OCH3 is 2. The van der Waals surface area contributed by atoms with Gasteiger partial charge in [0.25, 0.3) is 5.91 Å². The van der Waals surface area contributed by atoms with Crippen molar-refractivity contribution < 1.29 is 23.9 Å². The minimum absolute atomic E-state index is 0.245. The summed E-state index contributed by atoms with van der Waals surface area (Å²) < 4.78 is 9.19. The van der Waals surface area contributed by atoms with Gasteiger partial charge in [0.15, 0.2) is 0 Å². The largest absolute Gasteiger partial charge is 0.467 e. The van der Waals surface area contributed by atoms with Gasteiger partial charge in [-0.15, -0.1) is 6.58 Å². The summed E-state index contributed by atoms with van der Waals surface area (Å²) >= 11 is 0. The van der Waals surface area contributed by atoms with Crippen LogP contribution in [0.1, 0.15) is 27.1 Å². The SMILES string of the molecule is C=CC[C@H](NC(=O)c1cccc(C(=O)OC)c1)C(=O)OC. The molecule has 1 N–H and O–H groups in total. The fourth-order valence-electron chi connectivity index (χ4n) is 1.67. The van der Waals surface area contributed by atoms with E-state index in [1.165, 1.54) is 38.5 Å². The molecule has 0 unspecified atom stereocenters. The van der Waals surface area contributed by atoms with E-state index in [0.717, 1.165) is 0 Å². The first-order valence-corrected chi connectivity index (χ1v) is 6.21. The second-order valence-electron chi connectivity index (χ2n) is 4.15. The molecule has 6 heteroatoms. The molecular formula is C15H17NO5. The van der Waals surface area contributed by atoms with Gasteiger partial charge in [0, 0.05) is 5.56 Å². The zero-order valence-electron chi connectivity index (χ0n) is 11.9. The van der Waals surface area contributed by atoms with Crippen molar-refractivity contribution in [1.29, 1.82) is 0 Å². The summed E-state index contributed by atoms with van der Waals surface area (Å²) in [6.45, 7) is 3.53. The van der Waals surface area contributed by atoms with E-state index in [4.69, 9.17) is 0 Å². The number of carbonyl (C=O) groups is 3. The summed E-state index contributed by atoms with van der Waals surface area (Å²) in [5.41, 5.74) is 0.499. The highest BCUT2D eigenvalue weighted by atomic mass is 16.5. The zero-order chi connectivity index (χ0) is 15.8. The van der Waals surface area contributed by atoms with Gasteiger partial charge in [0.05, 0.1) is 19.8 Å². The molecule has 0 bridgehead atoms. The molecule has 1 atom stereocenters. The monoisotopic (exact) mass is 291 g/mol. The van der Waals surface area contributed by atoms with Gasteiger partial charge in [-0.3, -0.25) is 4.79 Å². The number of hydrogen-bond donors (Lipinski definition) is 1. The smallest absolute Gasteiger partial charge is 0.337 e. The average Bonchev–Trinajstić information content (AvgIpc) is 2.52. The van der Waals surface area contributed by atoms with Gasteiger partial charge in [-0.25, -0.2) is 9.59 Å². The molecule has 0 aliphatic rings. The molecular weight excluding hydrogens is 274 g/mol. The van der Waals surface area contributed by atoms with Crippen LogP contribution in [0, 0.1) is 0 Å². The maximum absolute atomic E-state index is 12.1. The van der Waals surface area contributed by atoms with E-state index in [2.05, 4.69) is 21.4 Å². The van der Waals surface area contributed by atoms with E-state index < -0.39 is 23.9 Å². The highest BCUT2D eigenvalue weighted by molar-refractivity contribution is 5.99. The predicted molar refractivity (Wildman–Crippen MR) is 75.9 cm³/mol. The van der Waals surface area contributed by atoms with E-state index >= 15 is 0 Å². The van der Waals surface area contributed by atoms with Gasteiger partial charge in [0.1, 0.15) is 6.04 Å². The third-order valence-electron chi connectivity index (χ3n) is 2.74. The molecule has 1 amide bonds. The molecule has 0 aromatic heterocycles. The second kappa shape index (κ2) is 7.84. The highest BCUT2D eigenvalue weighted by Crippen LogP contribution is 2.08. The van der Waals surface area contributed by atoms with E-state index in [1.807, 2.05) is 0 Å². The lowest BCUT2D eigenvalue weighted by Gasteiger charge is -2.15. The Kier molecular flexibility index (Phi) is 6.13. The third-order valence-corrected chi connectivity index (χ3v) is 2.74. The van der Waals surface area contributed by atoms with Crippen LogP contribution in [0.3, 0.4) is 0 Å². The molecule has 0 saturated heterocycles. The van der Waals surface area contributed by atoms with Gasteiger partial charge in [-0.1, -0.05) is 12.1 Å². The first kappa shape index (κ1) is 16.4. The Hall–Kier alpha value is -2.63. The quantitative estimate of drug-likeness (QED) is 0.631. The van der Waals surface area contributed by atoms with Crippen molar-refractivity contribution >= 4 is 17.8 Å². The van der Waals surface area contributed by atoms with Crippen LogP contribution in [0.15, 0.2) is 36.9 Å². The molecule has 0 heterocycles. The standard InChI is InChI=1S/C15H17NO5/c1-4-6-12(15(19)21-3)16-13(17)10-7-5-8-11(9-10)14(18)20-2/h4-5,7-9,12H,1,6H2,2-3H3,(H,16,17)/t12-/m0/s1. The summed E-state index contributed by atoms with van der Waals surface area (Å²) in [5, 5.41) is 2.53. The highest BCUT2D eigenvalue weighted by Gasteiger charge is 2.21. The number of esters is 2. The molecule has 0 saturated carbocycles. The van der Waals surface area contributed by atoms with Crippen molar-refractivity contribution in [3.63, 3.8) is 0 Å². The molecule has 6 nitrogen and oxygen atoms in total. The van der Waals surface area contributed by atoms with Crippen LogP contribution in [0.4, 0.5) is 0 Å². The lowest BCUT2D eigenvalue weighted by atomic mass is 10.1. The number of nitrogens with one attached hydrogen (secondary N) is 1. The predicted octanol–water partition coefficient (Wildman–Crippen LogP) is 1.32. The number of benzene rings is 1. The zero-order valence-corrected chi connectivity index (χ0v) is 11.9. The maximum Gasteiger partial charge on any atom is 0.337 e. The van der Waals surface area contributed by atoms with Crippen LogP contribution in [0.25, 0.3) is 0 Å². The van der Waals surface area contributed by atoms with E-state index in [-0.39, 0.29) is 17.5 Å². The van der Waals surface area contributed by atoms with Crippen molar-refractivity contribution in [2.45, 2.75) is 12.5 Å². The fraction of sp³-hybridized carbons (Fsp3) is 0.267. The number of carbonyl (C=O) groups excluding carboxylic acids is 3. The normalized spacial score (nSPS) is 11.1. The van der Waals surface area contributed by atoms with Crippen LogP contribution < -0.4 is 5.32 Å². The Morgan fingerprint density at radius 1 is 1.24 bits per heavy atom. The van der Waals surface area contributed by atoms with E-state index in [0.29, 0.717) is 0 Å². The number of amides is 1. The molecule has 0 spiro atoms. The molecule has 1 aromatic rings. The Bertz CT molecular complexity index is 553. The minimum atomic E-state index is -0.818. The van der Waals surface area contributed by atoms with Crippen LogP contribution in [-0.4, -0.2) is 38.1 Å². The topological polar surface area (TPSA) is 81.7 Å². The van der Waals surface area contributed by atoms with Gasteiger partial charge in [-0.2, -0.15) is 0 Å². The molecule has 0 aliphatic heterocycles. The fourth-order valence-corrected chi connectivity index (χ4v) is 1.67.